The first kappa shape index (κ1) is 11.3. The predicted octanol–water partition coefficient (Wildman–Crippen LogP) is 1.30. The van der Waals surface area contributed by atoms with E-state index in [0.717, 1.165) is 18.7 Å². The van der Waals surface area contributed by atoms with Crippen LogP contribution >= 0.6 is 11.3 Å². The molecule has 0 amide bonds. The number of aryl methyl sites for hydroxylation is 1. The molecule has 0 spiro atoms. The van der Waals surface area contributed by atoms with Crippen LogP contribution in [0.2, 0.25) is 0 Å². The van der Waals surface area contributed by atoms with E-state index in [4.69, 9.17) is 5.84 Å². The third kappa shape index (κ3) is 2.13. The van der Waals surface area contributed by atoms with Gasteiger partial charge in [-0.3, -0.25) is 5.84 Å². The van der Waals surface area contributed by atoms with Gasteiger partial charge in [0.05, 0.1) is 17.9 Å². The summed E-state index contributed by atoms with van der Waals surface area (Å²) < 4.78 is 1.89. The molecule has 0 aliphatic carbocycles. The van der Waals surface area contributed by atoms with Crippen molar-refractivity contribution in [1.29, 1.82) is 0 Å². The summed E-state index contributed by atoms with van der Waals surface area (Å²) in [6, 6.07) is 4.04. The summed E-state index contributed by atoms with van der Waals surface area (Å²) in [6.07, 6.45) is 2.79. The molecule has 2 aromatic heterocycles. The molecule has 0 saturated carbocycles. The number of hydrazine groups is 1. The Kier molecular flexibility index (Phi) is 3.66. The Balaban J connectivity index is 2.30. The quantitative estimate of drug-likeness (QED) is 0.607. The number of nitrogens with one attached hydrogen (secondary N) is 1. The largest absolute Gasteiger partial charge is 0.270 e. The number of thiophene rings is 1. The molecule has 0 aliphatic heterocycles. The van der Waals surface area contributed by atoms with Crippen molar-refractivity contribution in [3.05, 3.63) is 34.3 Å². The minimum Gasteiger partial charge on any atom is -0.270 e. The lowest BCUT2D eigenvalue weighted by Gasteiger charge is -2.14. The monoisotopic (exact) mass is 237 g/mol. The molecule has 86 valence electrons. The van der Waals surface area contributed by atoms with Crippen molar-refractivity contribution in [2.24, 2.45) is 5.84 Å². The van der Waals surface area contributed by atoms with Gasteiger partial charge in [0.15, 0.2) is 0 Å². The van der Waals surface area contributed by atoms with Gasteiger partial charge in [-0.25, -0.2) is 10.1 Å². The maximum Gasteiger partial charge on any atom is 0.0986 e. The predicted molar refractivity (Wildman–Crippen MR) is 63.8 cm³/mol. The molecule has 0 aromatic carbocycles. The molecule has 0 aliphatic rings. The highest BCUT2D eigenvalue weighted by Crippen LogP contribution is 2.24. The molecule has 0 radical (unpaired) electrons. The number of rotatable bonds is 5. The molecule has 0 saturated heterocycles. The zero-order valence-electron chi connectivity index (χ0n) is 9.13. The van der Waals surface area contributed by atoms with Crippen molar-refractivity contribution < 1.29 is 0 Å². The Bertz CT molecular complexity index is 422. The summed E-state index contributed by atoms with van der Waals surface area (Å²) in [5.74, 6) is 5.61. The van der Waals surface area contributed by atoms with Gasteiger partial charge in [-0.05, 0) is 17.9 Å². The third-order valence-electron chi connectivity index (χ3n) is 2.37. The minimum absolute atomic E-state index is 0.0263. The first-order valence-electron chi connectivity index (χ1n) is 5.24. The topological polar surface area (TPSA) is 68.8 Å². The molecule has 0 bridgehead atoms. The molecule has 0 fully saturated rings. The van der Waals surface area contributed by atoms with Crippen LogP contribution in [0.4, 0.5) is 0 Å². The minimum atomic E-state index is -0.0263. The molecule has 5 nitrogen and oxygen atoms in total. The van der Waals surface area contributed by atoms with Crippen LogP contribution in [0, 0.1) is 0 Å². The average Bonchev–Trinajstić information content (AvgIpc) is 2.92. The Morgan fingerprint density at radius 3 is 3.12 bits per heavy atom. The molecule has 2 rings (SSSR count). The van der Waals surface area contributed by atoms with E-state index in [1.54, 1.807) is 17.5 Å². The number of hydrogen-bond donors (Lipinski definition) is 2. The molecule has 2 aromatic rings. The van der Waals surface area contributed by atoms with Crippen molar-refractivity contribution in [3.63, 3.8) is 0 Å². The highest BCUT2D eigenvalue weighted by atomic mass is 32.1. The summed E-state index contributed by atoms with van der Waals surface area (Å²) in [6.45, 7) is 2.97. The van der Waals surface area contributed by atoms with E-state index in [1.165, 1.54) is 4.88 Å². The number of nitrogens with two attached hydrogens (primary N) is 1. The Labute approximate surface area is 98.2 Å². The maximum atomic E-state index is 5.61. The van der Waals surface area contributed by atoms with Crippen molar-refractivity contribution in [2.45, 2.75) is 25.9 Å². The van der Waals surface area contributed by atoms with Crippen LogP contribution in [0.25, 0.3) is 0 Å². The normalized spacial score (nSPS) is 12.9. The molecular formula is C10H15N5S. The second-order valence-electron chi connectivity index (χ2n) is 3.50. The summed E-state index contributed by atoms with van der Waals surface area (Å²) in [5, 5.41) is 10.0. The lowest BCUT2D eigenvalue weighted by Crippen LogP contribution is -2.30. The standard InChI is InChI=1S/C10H15N5S/c1-2-5-15-8(7-12-14-15)10(13-11)9-4-3-6-16-9/h3-4,6-7,10,13H,2,5,11H2,1H3. The van der Waals surface area contributed by atoms with Crippen LogP contribution in [0.15, 0.2) is 23.7 Å². The maximum absolute atomic E-state index is 5.61. The summed E-state index contributed by atoms with van der Waals surface area (Å²) >= 11 is 1.67. The number of aromatic nitrogens is 3. The molecule has 16 heavy (non-hydrogen) atoms. The van der Waals surface area contributed by atoms with Crippen LogP contribution in [0.3, 0.4) is 0 Å². The number of hydrogen-bond acceptors (Lipinski definition) is 5. The van der Waals surface area contributed by atoms with Crippen LogP contribution in [0.1, 0.15) is 30.0 Å². The molecule has 6 heteroatoms. The molecule has 3 N–H and O–H groups in total. The fraction of sp³-hybridized carbons (Fsp3) is 0.400. The van der Waals surface area contributed by atoms with Crippen LogP contribution < -0.4 is 11.3 Å². The molecular weight excluding hydrogens is 222 g/mol. The van der Waals surface area contributed by atoms with E-state index < -0.39 is 0 Å². The highest BCUT2D eigenvalue weighted by molar-refractivity contribution is 7.10. The zero-order valence-corrected chi connectivity index (χ0v) is 9.94. The molecule has 1 unspecified atom stereocenters. The van der Waals surface area contributed by atoms with Crippen molar-refractivity contribution in [3.8, 4) is 0 Å². The van der Waals surface area contributed by atoms with Crippen LogP contribution in [-0.4, -0.2) is 15.0 Å². The van der Waals surface area contributed by atoms with E-state index >= 15 is 0 Å². The van der Waals surface area contributed by atoms with Crippen molar-refractivity contribution in [2.75, 3.05) is 0 Å². The number of nitrogens with zero attached hydrogens (tertiary/aromatic N) is 3. The van der Waals surface area contributed by atoms with E-state index in [9.17, 15) is 0 Å². The fourth-order valence-electron chi connectivity index (χ4n) is 1.64. The first-order chi connectivity index (χ1) is 7.86. The van der Waals surface area contributed by atoms with E-state index in [0.29, 0.717) is 0 Å². The van der Waals surface area contributed by atoms with Gasteiger partial charge in [0.1, 0.15) is 0 Å². The smallest absolute Gasteiger partial charge is 0.0986 e. The Morgan fingerprint density at radius 2 is 2.50 bits per heavy atom. The summed E-state index contributed by atoms with van der Waals surface area (Å²) in [7, 11) is 0. The van der Waals surface area contributed by atoms with Crippen LogP contribution in [0.5, 0.6) is 0 Å². The van der Waals surface area contributed by atoms with Crippen molar-refractivity contribution >= 4 is 11.3 Å². The fourth-order valence-corrected chi connectivity index (χ4v) is 2.44. The van der Waals surface area contributed by atoms with Crippen molar-refractivity contribution in [1.82, 2.24) is 20.4 Å². The van der Waals surface area contributed by atoms with Gasteiger partial charge in [-0.2, -0.15) is 0 Å². The van der Waals surface area contributed by atoms with Gasteiger partial charge in [-0.15, -0.1) is 16.4 Å². The Morgan fingerprint density at radius 1 is 1.62 bits per heavy atom. The second kappa shape index (κ2) is 5.20. The average molecular weight is 237 g/mol. The van der Waals surface area contributed by atoms with Gasteiger partial charge in [-0.1, -0.05) is 18.2 Å². The van der Waals surface area contributed by atoms with E-state index in [-0.39, 0.29) is 6.04 Å². The first-order valence-corrected chi connectivity index (χ1v) is 6.12. The molecule has 1 atom stereocenters. The van der Waals surface area contributed by atoms with Gasteiger partial charge < -0.3 is 0 Å². The van der Waals surface area contributed by atoms with Gasteiger partial charge in [0.2, 0.25) is 0 Å². The Hall–Kier alpha value is -1.24. The highest BCUT2D eigenvalue weighted by Gasteiger charge is 2.18. The third-order valence-corrected chi connectivity index (χ3v) is 3.31. The second-order valence-corrected chi connectivity index (χ2v) is 4.48. The summed E-state index contributed by atoms with van der Waals surface area (Å²) in [4.78, 5) is 1.17. The SMILES string of the molecule is CCCn1nncc1C(NN)c1cccs1. The zero-order chi connectivity index (χ0) is 11.4. The molecule has 2 heterocycles. The lowest BCUT2D eigenvalue weighted by molar-refractivity contribution is 0.515. The van der Waals surface area contributed by atoms with E-state index in [1.807, 2.05) is 16.1 Å². The van der Waals surface area contributed by atoms with Crippen LogP contribution in [-0.2, 0) is 6.54 Å². The summed E-state index contributed by atoms with van der Waals surface area (Å²) in [5.41, 5.74) is 3.82. The van der Waals surface area contributed by atoms with Gasteiger partial charge in [0.25, 0.3) is 0 Å². The van der Waals surface area contributed by atoms with Gasteiger partial charge in [0, 0.05) is 11.4 Å². The van der Waals surface area contributed by atoms with E-state index in [2.05, 4.69) is 28.7 Å². The van der Waals surface area contributed by atoms with Gasteiger partial charge >= 0.3 is 0 Å². The lowest BCUT2D eigenvalue weighted by atomic mass is 10.2.